The number of nitrogens with one attached hydrogen (secondary N) is 1. The molecule has 0 saturated carbocycles. The third kappa shape index (κ3) is 15.2. The van der Waals surface area contributed by atoms with E-state index in [1.807, 2.05) is 24.3 Å². The Morgan fingerprint density at radius 3 is 1.09 bits per heavy atom. The standard InChI is InChI=1S/C41H38NO5P.C37H31O4P.2BrH/c1-29(2)42-41(45)47-37-26-25-35-36(43)28-38(46-40(35)39(37)44)31-23-21-30(22-24-31)14-12-13-27-48(32-15-6-3-7-16-32,33-17-8-4-9-18-33)34-19-10-5-11-20-34;38-33-24-23-32-34(39)26-35(41-37(32)36(33)40)28-21-19-27(20-22-28)12-10-11-25-42(29-13-4-1-5-14-29,30-15-6-2-7-16-30)31-17-8-3-9-18-31;;/h3-11,15-26,28-29H,12-14,27H2,1-2H3,(H-,42,44,45);1-9,13-24,26H,10-12,25H2,(H-,38,39,40);2*1H. The van der Waals surface area contributed by atoms with Crippen LogP contribution in [-0.2, 0) is 12.8 Å². The van der Waals surface area contributed by atoms with Crippen molar-refractivity contribution in [3.63, 3.8) is 0 Å². The van der Waals surface area contributed by atoms with E-state index in [0.717, 1.165) is 56.4 Å². The van der Waals surface area contributed by atoms with E-state index >= 15 is 0 Å². The average molecular weight is 1390 g/mol. The summed E-state index contributed by atoms with van der Waals surface area (Å²) in [7, 11) is -3.70. The van der Waals surface area contributed by atoms with Gasteiger partial charge in [0.2, 0.25) is 11.5 Å². The molecule has 92 heavy (non-hydrogen) atoms. The number of phenolic OH excluding ortho intramolecular Hbond substituents is 3. The second-order valence-electron chi connectivity index (χ2n) is 22.6. The quantitative estimate of drug-likeness (QED) is 0.0332. The molecule has 10 nitrogen and oxygen atoms in total. The second kappa shape index (κ2) is 31.4. The molecule has 0 bridgehead atoms. The number of unbranched alkanes of at least 4 members (excludes halogenated alkanes) is 2. The van der Waals surface area contributed by atoms with Crippen LogP contribution in [0.1, 0.15) is 50.7 Å². The van der Waals surface area contributed by atoms with Crippen LogP contribution >= 0.6 is 14.5 Å². The Balaban J connectivity index is 0.000000214. The van der Waals surface area contributed by atoms with Gasteiger partial charge in [0.1, 0.15) is 57.9 Å². The molecule has 10 aromatic carbocycles. The molecule has 2 heterocycles. The van der Waals surface area contributed by atoms with E-state index < -0.39 is 32.1 Å². The van der Waals surface area contributed by atoms with E-state index in [9.17, 15) is 29.7 Å². The van der Waals surface area contributed by atoms with Gasteiger partial charge in [-0.2, -0.15) is 0 Å². The lowest BCUT2D eigenvalue weighted by Gasteiger charge is -2.27. The number of benzene rings is 10. The minimum absolute atomic E-state index is 0. The molecular weight excluding hydrogens is 1320 g/mol. The molecule has 0 spiro atoms. The van der Waals surface area contributed by atoms with Crippen LogP contribution in [0.15, 0.2) is 285 Å². The molecule has 12 rings (SSSR count). The van der Waals surface area contributed by atoms with Gasteiger partial charge in [-0.3, -0.25) is 9.59 Å². The van der Waals surface area contributed by atoms with Gasteiger partial charge >= 0.3 is 6.09 Å². The molecule has 466 valence electrons. The highest BCUT2D eigenvalue weighted by atomic mass is 79.9. The van der Waals surface area contributed by atoms with Crippen LogP contribution in [0.25, 0.3) is 44.6 Å². The van der Waals surface area contributed by atoms with E-state index in [1.165, 1.54) is 79.4 Å². The molecule has 4 N–H and O–H groups in total. The number of aryl methyl sites for hydroxylation is 2. The van der Waals surface area contributed by atoms with Gasteiger partial charge in [-0.05, 0) is 161 Å². The first-order chi connectivity index (χ1) is 43.9. The lowest BCUT2D eigenvalue weighted by Crippen LogP contribution is -3.00. The maximum Gasteiger partial charge on any atom is 0.412 e. The van der Waals surface area contributed by atoms with Gasteiger partial charge in [0.05, 0.1) is 23.1 Å². The van der Waals surface area contributed by atoms with E-state index in [1.54, 1.807) is 13.8 Å². The monoisotopic (exact) mass is 1390 g/mol. The first-order valence-corrected chi connectivity index (χ1v) is 34.4. The Hall–Kier alpha value is -8.89. The first-order valence-electron chi connectivity index (χ1n) is 30.5. The van der Waals surface area contributed by atoms with Crippen molar-refractivity contribution in [1.82, 2.24) is 5.32 Å². The smallest absolute Gasteiger partial charge is 0.412 e. The van der Waals surface area contributed by atoms with Crippen molar-refractivity contribution in [3.8, 4) is 45.6 Å². The molecule has 0 aliphatic rings. The SMILES string of the molecule is CC(C)NC(=O)Oc1ccc2c(=O)cc(-c3ccc(CCCC[P+](c4ccccc4)(c4ccccc4)c4ccccc4)cc3)oc2c1O.O=c1cc(-c2ccc(CCCC[P+](c3ccccc3)(c3ccccc3)c3ccccc3)cc2)oc2c(O)c(O)ccc12.[Br-].[Br-]. The van der Waals surface area contributed by atoms with Crippen molar-refractivity contribution >= 4 is 74.4 Å². The summed E-state index contributed by atoms with van der Waals surface area (Å²) in [6.07, 6.45) is 7.52. The molecule has 0 atom stereocenters. The van der Waals surface area contributed by atoms with Gasteiger partial charge in [-0.15, -0.1) is 0 Å². The third-order valence-corrected chi connectivity index (χ3v) is 25.4. The highest BCUT2D eigenvalue weighted by Crippen LogP contribution is 2.57. The van der Waals surface area contributed by atoms with Gasteiger partial charge in [0.15, 0.2) is 33.5 Å². The number of aromatic hydroxyl groups is 3. The molecule has 2 aromatic heterocycles. The van der Waals surface area contributed by atoms with E-state index in [2.05, 4.69) is 212 Å². The molecular formula is C78H71Br2NO9P2. The Labute approximate surface area is 558 Å². The summed E-state index contributed by atoms with van der Waals surface area (Å²) in [6, 6.07) is 90.1. The number of carbonyl (C=O) groups is 1. The zero-order valence-electron chi connectivity index (χ0n) is 51.1. The molecule has 14 heteroatoms. The van der Waals surface area contributed by atoms with Crippen molar-refractivity contribution < 1.29 is 67.6 Å². The Morgan fingerprint density at radius 2 is 0.750 bits per heavy atom. The van der Waals surface area contributed by atoms with Crippen molar-refractivity contribution in [1.29, 1.82) is 0 Å². The van der Waals surface area contributed by atoms with Gasteiger partial charge in [-0.25, -0.2) is 4.79 Å². The van der Waals surface area contributed by atoms with Crippen LogP contribution in [0, 0.1) is 0 Å². The molecule has 0 fully saturated rings. The topological polar surface area (TPSA) is 159 Å². The molecule has 1 amide bonds. The Bertz CT molecular complexity index is 4290. The molecule has 0 aliphatic heterocycles. The molecule has 0 unspecified atom stereocenters. The predicted octanol–water partition coefficient (Wildman–Crippen LogP) is 9.18. The van der Waals surface area contributed by atoms with Crippen molar-refractivity contribution in [2.24, 2.45) is 0 Å². The summed E-state index contributed by atoms with van der Waals surface area (Å²) in [5.41, 5.74) is 3.25. The van der Waals surface area contributed by atoms with Crippen molar-refractivity contribution in [2.75, 3.05) is 12.3 Å². The normalized spacial score (nSPS) is 11.2. The van der Waals surface area contributed by atoms with Crippen LogP contribution in [0.4, 0.5) is 4.79 Å². The van der Waals surface area contributed by atoms with Crippen LogP contribution in [0.3, 0.4) is 0 Å². The number of halogens is 2. The summed E-state index contributed by atoms with van der Waals surface area (Å²) in [4.78, 5) is 37.7. The number of carbonyl (C=O) groups excluding carboxylic acids is 1. The van der Waals surface area contributed by atoms with Gasteiger partial charge < -0.3 is 68.2 Å². The summed E-state index contributed by atoms with van der Waals surface area (Å²) in [5, 5.41) is 42.3. The predicted molar refractivity (Wildman–Crippen MR) is 371 cm³/mol. The molecule has 0 saturated heterocycles. The van der Waals surface area contributed by atoms with Gasteiger partial charge in [0.25, 0.3) is 0 Å². The minimum Gasteiger partial charge on any atom is -1.00 e. The Kier molecular flexibility index (Phi) is 23.1. The first kappa shape index (κ1) is 67.5. The largest absolute Gasteiger partial charge is 1.00 e. The molecule has 12 aromatic rings. The summed E-state index contributed by atoms with van der Waals surface area (Å²) in [5.74, 6) is -0.568. The van der Waals surface area contributed by atoms with Crippen molar-refractivity contribution in [2.45, 2.75) is 58.4 Å². The average Bonchev–Trinajstić information content (AvgIpc) is 0.790. The second-order valence-corrected chi connectivity index (χ2v) is 29.9. The lowest BCUT2D eigenvalue weighted by atomic mass is 10.0. The van der Waals surface area contributed by atoms with E-state index in [-0.39, 0.29) is 84.3 Å². The number of hydrogen-bond acceptors (Lipinski definition) is 9. The zero-order chi connectivity index (χ0) is 62.5. The summed E-state index contributed by atoms with van der Waals surface area (Å²) < 4.78 is 17.1. The summed E-state index contributed by atoms with van der Waals surface area (Å²) >= 11 is 0. The highest BCUT2D eigenvalue weighted by molar-refractivity contribution is 7.96. The highest BCUT2D eigenvalue weighted by Gasteiger charge is 2.46. The fraction of sp³-hybridized carbons (Fsp3) is 0.141. The van der Waals surface area contributed by atoms with Crippen molar-refractivity contribution in [3.05, 3.63) is 298 Å². The number of rotatable bonds is 20. The van der Waals surface area contributed by atoms with Crippen LogP contribution in [-0.4, -0.2) is 39.8 Å². The number of phenols is 3. The number of amides is 1. The molecule has 0 aliphatic carbocycles. The zero-order valence-corrected chi connectivity index (χ0v) is 56.0. The number of hydrogen-bond donors (Lipinski definition) is 4. The Morgan fingerprint density at radius 1 is 0.424 bits per heavy atom. The molecule has 0 radical (unpaired) electrons. The third-order valence-electron chi connectivity index (χ3n) is 16.4. The number of ether oxygens (including phenoxy) is 1. The van der Waals surface area contributed by atoms with Gasteiger partial charge in [-0.1, -0.05) is 158 Å². The summed E-state index contributed by atoms with van der Waals surface area (Å²) in [6.45, 7) is 3.60. The van der Waals surface area contributed by atoms with Crippen LogP contribution in [0.2, 0.25) is 0 Å². The van der Waals surface area contributed by atoms with Gasteiger partial charge in [0, 0.05) is 29.3 Å². The fourth-order valence-electron chi connectivity index (χ4n) is 11.9. The maximum atomic E-state index is 12.9. The van der Waals surface area contributed by atoms with E-state index in [0.29, 0.717) is 17.1 Å². The van der Waals surface area contributed by atoms with Crippen LogP contribution in [0.5, 0.6) is 23.0 Å². The maximum absolute atomic E-state index is 12.9. The lowest BCUT2D eigenvalue weighted by molar-refractivity contribution is -0.001000. The van der Waals surface area contributed by atoms with Crippen LogP contribution < -0.4 is 86.7 Å². The minimum atomic E-state index is -1.86. The number of fused-ring (bicyclic) bond motifs is 2. The fourth-order valence-corrected chi connectivity index (χ4v) is 20.7. The van der Waals surface area contributed by atoms with E-state index in [4.69, 9.17) is 13.6 Å².